The molecule has 23 heavy (non-hydrogen) atoms. The molecule has 0 N–H and O–H groups in total. The molecule has 0 nitrogen and oxygen atoms in total. The molecular formula is C21H22S2. The molecule has 0 radical (unpaired) electrons. The van der Waals surface area contributed by atoms with E-state index in [2.05, 4.69) is 92.8 Å². The van der Waals surface area contributed by atoms with E-state index in [1.54, 1.807) is 0 Å². The average Bonchev–Trinajstić information content (AvgIpc) is 2.89. The fourth-order valence-electron chi connectivity index (χ4n) is 3.32. The highest BCUT2D eigenvalue weighted by Crippen LogP contribution is 2.53. The van der Waals surface area contributed by atoms with Crippen LogP contribution in [0.1, 0.15) is 31.9 Å². The van der Waals surface area contributed by atoms with Crippen molar-refractivity contribution in [1.82, 2.24) is 0 Å². The second-order valence-electron chi connectivity index (χ2n) is 7.44. The molecule has 0 unspecified atom stereocenters. The van der Waals surface area contributed by atoms with Crippen LogP contribution in [0.2, 0.25) is 0 Å². The molecule has 0 amide bonds. The molecule has 2 heteroatoms. The molecule has 1 aliphatic carbocycles. The highest BCUT2D eigenvalue weighted by Gasteiger charge is 2.32. The molecular weight excluding hydrogens is 316 g/mol. The minimum absolute atomic E-state index is 0.404. The first-order chi connectivity index (χ1) is 11.1. The summed E-state index contributed by atoms with van der Waals surface area (Å²) in [4.78, 5) is 0. The summed E-state index contributed by atoms with van der Waals surface area (Å²) < 4.78 is 1.52. The van der Waals surface area contributed by atoms with Crippen LogP contribution >= 0.6 is 23.5 Å². The molecule has 1 saturated heterocycles. The Kier molecular flexibility index (Phi) is 3.85. The van der Waals surface area contributed by atoms with Crippen molar-refractivity contribution in [2.24, 2.45) is 11.3 Å². The van der Waals surface area contributed by atoms with E-state index >= 15 is 0 Å². The van der Waals surface area contributed by atoms with Crippen molar-refractivity contribution in [1.29, 1.82) is 0 Å². The van der Waals surface area contributed by atoms with Crippen LogP contribution in [0.5, 0.6) is 0 Å². The summed E-state index contributed by atoms with van der Waals surface area (Å²) >= 11 is 4.13. The topological polar surface area (TPSA) is 0 Å². The van der Waals surface area contributed by atoms with Crippen LogP contribution < -0.4 is 0 Å². The Bertz CT molecular complexity index is 723. The van der Waals surface area contributed by atoms with Gasteiger partial charge in [0.2, 0.25) is 0 Å². The van der Waals surface area contributed by atoms with Gasteiger partial charge in [-0.15, -0.1) is 23.5 Å². The second kappa shape index (κ2) is 5.75. The van der Waals surface area contributed by atoms with Crippen LogP contribution in [0.4, 0.5) is 0 Å². The Balaban J connectivity index is 1.78. The Morgan fingerprint density at radius 2 is 1.17 bits per heavy atom. The van der Waals surface area contributed by atoms with Crippen molar-refractivity contribution >= 4 is 29.1 Å². The average molecular weight is 339 g/mol. The van der Waals surface area contributed by atoms with E-state index < -0.39 is 0 Å². The third kappa shape index (κ3) is 2.66. The van der Waals surface area contributed by atoms with Crippen molar-refractivity contribution in [3.8, 4) is 11.1 Å². The summed E-state index contributed by atoms with van der Waals surface area (Å²) in [6, 6.07) is 17.7. The minimum Gasteiger partial charge on any atom is -0.118 e. The van der Waals surface area contributed by atoms with Gasteiger partial charge in [-0.3, -0.25) is 0 Å². The maximum atomic E-state index is 2.37. The van der Waals surface area contributed by atoms with E-state index in [4.69, 9.17) is 0 Å². The van der Waals surface area contributed by atoms with Crippen molar-refractivity contribution < 1.29 is 0 Å². The molecule has 2 aromatic rings. The summed E-state index contributed by atoms with van der Waals surface area (Å²) in [7, 11) is 0. The summed E-state index contributed by atoms with van der Waals surface area (Å²) in [6.45, 7) is 7.12. The zero-order chi connectivity index (χ0) is 16.0. The first-order valence-electron chi connectivity index (χ1n) is 8.25. The van der Waals surface area contributed by atoms with E-state index in [9.17, 15) is 0 Å². The SMILES string of the molecule is CC(C)(C)C1CSC(=C2c3ccccc3-c3ccccc32)SC1. The summed E-state index contributed by atoms with van der Waals surface area (Å²) in [5.74, 6) is 3.26. The molecule has 1 heterocycles. The largest absolute Gasteiger partial charge is 0.118 e. The van der Waals surface area contributed by atoms with Gasteiger partial charge in [0.1, 0.15) is 0 Å². The molecule has 118 valence electrons. The van der Waals surface area contributed by atoms with E-state index in [1.165, 1.54) is 43.6 Å². The van der Waals surface area contributed by atoms with Crippen LogP contribution in [0.15, 0.2) is 52.8 Å². The van der Waals surface area contributed by atoms with Gasteiger partial charge in [0, 0.05) is 21.3 Å². The third-order valence-electron chi connectivity index (χ3n) is 4.94. The molecule has 0 saturated carbocycles. The van der Waals surface area contributed by atoms with Gasteiger partial charge < -0.3 is 0 Å². The number of hydrogen-bond acceptors (Lipinski definition) is 2. The maximum absolute atomic E-state index is 2.37. The third-order valence-corrected chi connectivity index (χ3v) is 7.72. The van der Waals surface area contributed by atoms with E-state index in [-0.39, 0.29) is 0 Å². The number of fused-ring (bicyclic) bond motifs is 3. The highest BCUT2D eigenvalue weighted by atomic mass is 32.2. The van der Waals surface area contributed by atoms with Crippen molar-refractivity contribution in [3.63, 3.8) is 0 Å². The summed E-state index contributed by atoms with van der Waals surface area (Å²) in [5, 5.41) is 0. The number of hydrogen-bond donors (Lipinski definition) is 0. The van der Waals surface area contributed by atoms with Gasteiger partial charge in [-0.05, 0) is 33.6 Å². The number of benzene rings is 2. The van der Waals surface area contributed by atoms with Crippen LogP contribution in [0, 0.1) is 11.3 Å². The predicted molar refractivity (Wildman–Crippen MR) is 106 cm³/mol. The van der Waals surface area contributed by atoms with Gasteiger partial charge in [-0.2, -0.15) is 0 Å². The highest BCUT2D eigenvalue weighted by molar-refractivity contribution is 8.23. The number of thioether (sulfide) groups is 2. The molecule has 1 aliphatic heterocycles. The second-order valence-corrected chi connectivity index (χ2v) is 9.76. The molecule has 0 aromatic heterocycles. The van der Waals surface area contributed by atoms with Crippen molar-refractivity contribution in [3.05, 3.63) is 63.9 Å². The molecule has 4 rings (SSSR count). The molecule has 2 aromatic carbocycles. The maximum Gasteiger partial charge on any atom is 0.0486 e. The molecule has 2 aliphatic rings. The standard InChI is InChI=1S/C21H22S2/c1-21(2,3)14-12-22-20(23-13-14)19-17-10-6-4-8-15(17)16-9-5-7-11-18(16)19/h4-11,14H,12-13H2,1-3H3. The van der Waals surface area contributed by atoms with Crippen molar-refractivity contribution in [2.45, 2.75) is 20.8 Å². The van der Waals surface area contributed by atoms with Gasteiger partial charge in [0.25, 0.3) is 0 Å². The summed E-state index contributed by atoms with van der Waals surface area (Å²) in [5.41, 5.74) is 7.49. The smallest absolute Gasteiger partial charge is 0.0486 e. The van der Waals surface area contributed by atoms with Crippen LogP contribution in [-0.2, 0) is 0 Å². The van der Waals surface area contributed by atoms with Crippen LogP contribution in [0.3, 0.4) is 0 Å². The first-order valence-corrected chi connectivity index (χ1v) is 10.2. The Hall–Kier alpha value is -1.12. The zero-order valence-corrected chi connectivity index (χ0v) is 15.6. The lowest BCUT2D eigenvalue weighted by atomic mass is 9.83. The summed E-state index contributed by atoms with van der Waals surface area (Å²) in [6.07, 6.45) is 0. The molecule has 0 spiro atoms. The van der Waals surface area contributed by atoms with Crippen LogP contribution in [0.25, 0.3) is 16.7 Å². The zero-order valence-electron chi connectivity index (χ0n) is 13.9. The van der Waals surface area contributed by atoms with Crippen LogP contribution in [-0.4, -0.2) is 11.5 Å². The van der Waals surface area contributed by atoms with Gasteiger partial charge >= 0.3 is 0 Å². The monoisotopic (exact) mass is 338 g/mol. The lowest BCUT2D eigenvalue weighted by molar-refractivity contribution is 0.293. The first kappa shape index (κ1) is 15.4. The van der Waals surface area contributed by atoms with E-state index in [1.807, 2.05) is 0 Å². The van der Waals surface area contributed by atoms with Gasteiger partial charge in [-0.1, -0.05) is 69.3 Å². The Morgan fingerprint density at radius 1 is 0.739 bits per heavy atom. The predicted octanol–water partition coefficient (Wildman–Crippen LogP) is 6.53. The molecule has 0 bridgehead atoms. The quantitative estimate of drug-likeness (QED) is 0.457. The Morgan fingerprint density at radius 3 is 1.61 bits per heavy atom. The van der Waals surface area contributed by atoms with Gasteiger partial charge in [0.05, 0.1) is 0 Å². The van der Waals surface area contributed by atoms with E-state index in [0.29, 0.717) is 5.41 Å². The minimum atomic E-state index is 0.404. The normalized spacial score (nSPS) is 20.4. The van der Waals surface area contributed by atoms with Gasteiger partial charge in [0.15, 0.2) is 0 Å². The molecule has 0 atom stereocenters. The fraction of sp³-hybridized carbons (Fsp3) is 0.333. The van der Waals surface area contributed by atoms with Crippen molar-refractivity contribution in [2.75, 3.05) is 11.5 Å². The lowest BCUT2D eigenvalue weighted by Crippen LogP contribution is -2.27. The van der Waals surface area contributed by atoms with E-state index in [0.717, 1.165) is 5.92 Å². The fourth-order valence-corrected chi connectivity index (χ4v) is 6.88. The molecule has 1 fully saturated rings. The number of rotatable bonds is 0. The van der Waals surface area contributed by atoms with Gasteiger partial charge in [-0.25, -0.2) is 0 Å². The Labute approximate surface area is 147 Å². The lowest BCUT2D eigenvalue weighted by Gasteiger charge is -2.34.